The molecule has 0 bridgehead atoms. The molecule has 0 saturated carbocycles. The van der Waals surface area contributed by atoms with Crippen molar-refractivity contribution in [2.24, 2.45) is 0 Å². The summed E-state index contributed by atoms with van der Waals surface area (Å²) >= 11 is 0. The largest absolute Gasteiger partial charge is 0.502 e. The van der Waals surface area contributed by atoms with E-state index >= 15 is 0 Å². The molecule has 0 aromatic heterocycles. The Labute approximate surface area is 235 Å². The van der Waals surface area contributed by atoms with E-state index in [9.17, 15) is 10.2 Å². The van der Waals surface area contributed by atoms with E-state index < -0.39 is 6.10 Å². The van der Waals surface area contributed by atoms with Crippen molar-refractivity contribution in [3.05, 3.63) is 58.7 Å². The molecule has 1 aliphatic carbocycles. The zero-order valence-electron chi connectivity index (χ0n) is 23.7. The van der Waals surface area contributed by atoms with Crippen LogP contribution in [-0.2, 0) is 12.8 Å². The van der Waals surface area contributed by atoms with Crippen molar-refractivity contribution in [3.8, 4) is 45.6 Å². The van der Waals surface area contributed by atoms with Gasteiger partial charge in [0.2, 0.25) is 5.75 Å². The van der Waals surface area contributed by atoms with Gasteiger partial charge in [-0.1, -0.05) is 13.0 Å². The van der Waals surface area contributed by atoms with Gasteiger partial charge in [0.1, 0.15) is 17.2 Å². The van der Waals surface area contributed by atoms with Gasteiger partial charge in [-0.2, -0.15) is 0 Å². The minimum absolute atomic E-state index is 0.0765. The molecule has 3 unspecified atom stereocenters. The number of methoxy groups -OCH3 is 3. The van der Waals surface area contributed by atoms with Crippen LogP contribution in [0, 0.1) is 0 Å². The molecule has 0 fully saturated rings. The van der Waals surface area contributed by atoms with E-state index in [4.69, 9.17) is 23.7 Å². The fourth-order valence-corrected chi connectivity index (χ4v) is 5.84. The normalized spacial score (nSPS) is 18.1. The number of likely N-dealkylation sites (N-methyl/N-ethyl adjacent to an activating group) is 2. The lowest BCUT2D eigenvalue weighted by atomic mass is 9.77. The highest BCUT2D eigenvalue weighted by Gasteiger charge is 2.36. The van der Waals surface area contributed by atoms with Crippen molar-refractivity contribution < 1.29 is 33.9 Å². The van der Waals surface area contributed by atoms with Crippen molar-refractivity contribution in [2.75, 3.05) is 48.1 Å². The summed E-state index contributed by atoms with van der Waals surface area (Å²) in [5, 5.41) is 28.7. The Morgan fingerprint density at radius 3 is 2.30 bits per heavy atom. The van der Waals surface area contributed by atoms with E-state index in [1.54, 1.807) is 19.2 Å². The molecule has 3 aromatic rings. The molecule has 2 aliphatic rings. The fraction of sp³-hybridized carbons (Fsp3) is 0.419. The molecule has 9 nitrogen and oxygen atoms in total. The smallest absolute Gasteiger partial charge is 0.200 e. The Morgan fingerprint density at radius 1 is 0.950 bits per heavy atom. The highest BCUT2D eigenvalue weighted by atomic mass is 16.5. The third kappa shape index (κ3) is 5.00. The number of ether oxygens (including phenoxy) is 5. The third-order valence-electron chi connectivity index (χ3n) is 7.76. The average molecular weight is 551 g/mol. The van der Waals surface area contributed by atoms with E-state index in [0.717, 1.165) is 58.5 Å². The second-order valence-corrected chi connectivity index (χ2v) is 10.0. The van der Waals surface area contributed by atoms with Crippen molar-refractivity contribution in [3.63, 3.8) is 0 Å². The van der Waals surface area contributed by atoms with E-state index in [1.807, 2.05) is 26.1 Å². The second kappa shape index (κ2) is 11.8. The van der Waals surface area contributed by atoms with Gasteiger partial charge in [-0.25, -0.2) is 0 Å². The summed E-state index contributed by atoms with van der Waals surface area (Å²) in [7, 11) is 6.55. The molecule has 3 atom stereocenters. The molecule has 1 aliphatic heterocycles. The van der Waals surface area contributed by atoms with E-state index in [-0.39, 0.29) is 36.0 Å². The summed E-state index contributed by atoms with van der Waals surface area (Å²) in [6, 6.07) is 11.5. The molecule has 214 valence electrons. The maximum Gasteiger partial charge on any atom is 0.200 e. The topological polar surface area (TPSA) is 111 Å². The number of aromatic hydroxyl groups is 1. The van der Waals surface area contributed by atoms with Crippen LogP contribution < -0.4 is 34.3 Å². The lowest BCUT2D eigenvalue weighted by Gasteiger charge is -2.35. The molecule has 5 rings (SSSR count). The summed E-state index contributed by atoms with van der Waals surface area (Å²) < 4.78 is 29.0. The molecule has 3 aromatic carbocycles. The minimum Gasteiger partial charge on any atom is -0.502 e. The second-order valence-electron chi connectivity index (χ2n) is 10.0. The predicted octanol–water partition coefficient (Wildman–Crippen LogP) is 3.93. The maximum absolute atomic E-state index is 11.8. The van der Waals surface area contributed by atoms with Crippen LogP contribution in [0.5, 0.6) is 34.5 Å². The zero-order chi connectivity index (χ0) is 28.4. The van der Waals surface area contributed by atoms with Gasteiger partial charge in [0.15, 0.2) is 17.7 Å². The highest BCUT2D eigenvalue weighted by Crippen LogP contribution is 2.50. The first-order chi connectivity index (χ1) is 19.4. The van der Waals surface area contributed by atoms with Gasteiger partial charge >= 0.3 is 0 Å². The van der Waals surface area contributed by atoms with E-state index in [1.165, 1.54) is 14.2 Å². The molecule has 0 amide bonds. The molecule has 9 heteroatoms. The number of aliphatic hydroxyl groups excluding tert-OH is 1. The van der Waals surface area contributed by atoms with Gasteiger partial charge in [-0.3, -0.25) is 5.32 Å². The molecule has 4 N–H and O–H groups in total. The number of phenols is 1. The van der Waals surface area contributed by atoms with E-state index in [2.05, 4.69) is 22.8 Å². The number of hydrogen-bond donors (Lipinski definition) is 4. The maximum atomic E-state index is 11.8. The number of phenolic OH excluding ortho intramolecular Hbond substituents is 1. The Bertz CT molecular complexity index is 1350. The number of fused-ring (bicyclic) bond motifs is 5. The Kier molecular flexibility index (Phi) is 8.25. The van der Waals surface area contributed by atoms with Crippen LogP contribution in [0.4, 0.5) is 0 Å². The standard InChI is InChI=1S/C31H38N2O7/c1-6-33-28(15-32-2)40-18-13-22-19-9-10-24-29(21(19)8-7-20(22)25(14-18)36-3)30(34)23(16-39-24)17-11-26(37-4)31(35)27(12-17)38-5/h9-14,23,28,30,32-35H,6-8,15-16H2,1-5H3. The van der Waals surface area contributed by atoms with Gasteiger partial charge < -0.3 is 39.2 Å². The minimum atomic E-state index is -0.825. The highest BCUT2D eigenvalue weighted by molar-refractivity contribution is 5.79. The lowest BCUT2D eigenvalue weighted by Crippen LogP contribution is -2.41. The predicted molar refractivity (Wildman–Crippen MR) is 152 cm³/mol. The Hall–Kier alpha value is -3.66. The molecule has 1 heterocycles. The van der Waals surface area contributed by atoms with Crippen molar-refractivity contribution >= 4 is 0 Å². The molecular formula is C31H38N2O7. The van der Waals surface area contributed by atoms with Crippen LogP contribution in [0.15, 0.2) is 36.4 Å². The van der Waals surface area contributed by atoms with Crippen LogP contribution in [0.2, 0.25) is 0 Å². The van der Waals surface area contributed by atoms with Gasteiger partial charge in [-0.05, 0) is 73.0 Å². The third-order valence-corrected chi connectivity index (χ3v) is 7.76. The first-order valence-electron chi connectivity index (χ1n) is 13.6. The Balaban J connectivity index is 1.56. The van der Waals surface area contributed by atoms with Crippen LogP contribution in [0.1, 0.15) is 41.2 Å². The SMILES string of the molecule is CCNC(CNC)Oc1cc(OC)c2c(c1)-c1ccc3c(c1CC2)C(O)C(c1cc(OC)c(O)c(OC)c1)CO3. The summed E-state index contributed by atoms with van der Waals surface area (Å²) in [5.74, 6) is 2.29. The summed E-state index contributed by atoms with van der Waals surface area (Å²) in [5.41, 5.74) is 5.78. The van der Waals surface area contributed by atoms with Crippen molar-refractivity contribution in [1.29, 1.82) is 0 Å². The van der Waals surface area contributed by atoms with Gasteiger partial charge in [0.05, 0.1) is 34.0 Å². The summed E-state index contributed by atoms with van der Waals surface area (Å²) in [6.07, 6.45) is 0.471. The van der Waals surface area contributed by atoms with Crippen LogP contribution in [-0.4, -0.2) is 64.5 Å². The fourth-order valence-electron chi connectivity index (χ4n) is 5.84. The molecule has 0 saturated heterocycles. The summed E-state index contributed by atoms with van der Waals surface area (Å²) in [6.45, 7) is 3.75. The Morgan fingerprint density at radius 2 is 1.65 bits per heavy atom. The molecule has 40 heavy (non-hydrogen) atoms. The van der Waals surface area contributed by atoms with Gasteiger partial charge in [0, 0.05) is 29.7 Å². The van der Waals surface area contributed by atoms with Gasteiger partial charge in [-0.15, -0.1) is 0 Å². The number of benzene rings is 3. The number of hydrogen-bond acceptors (Lipinski definition) is 9. The quantitative estimate of drug-likeness (QED) is 0.279. The summed E-state index contributed by atoms with van der Waals surface area (Å²) in [4.78, 5) is 0. The number of nitrogens with one attached hydrogen (secondary N) is 2. The lowest BCUT2D eigenvalue weighted by molar-refractivity contribution is 0.0878. The van der Waals surface area contributed by atoms with Crippen LogP contribution in [0.25, 0.3) is 11.1 Å². The zero-order valence-corrected chi connectivity index (χ0v) is 23.7. The first kappa shape index (κ1) is 27.9. The van der Waals surface area contributed by atoms with E-state index in [0.29, 0.717) is 18.0 Å². The van der Waals surface area contributed by atoms with Crippen LogP contribution >= 0.6 is 0 Å². The van der Waals surface area contributed by atoms with Crippen LogP contribution in [0.3, 0.4) is 0 Å². The molecule has 0 spiro atoms. The molecular weight excluding hydrogens is 512 g/mol. The van der Waals surface area contributed by atoms with Crippen molar-refractivity contribution in [1.82, 2.24) is 10.6 Å². The molecule has 0 radical (unpaired) electrons. The average Bonchev–Trinajstić information content (AvgIpc) is 2.97. The first-order valence-corrected chi connectivity index (χ1v) is 13.6. The van der Waals surface area contributed by atoms with Gasteiger partial charge in [0.25, 0.3) is 0 Å². The number of aliphatic hydroxyl groups is 1. The van der Waals surface area contributed by atoms with Crippen molar-refractivity contribution in [2.45, 2.75) is 38.0 Å². The monoisotopic (exact) mass is 550 g/mol. The number of rotatable bonds is 10.